The van der Waals surface area contributed by atoms with Gasteiger partial charge < -0.3 is 4.74 Å². The maximum atomic E-state index is 11.7. The van der Waals surface area contributed by atoms with Gasteiger partial charge in [0.25, 0.3) is 0 Å². The molecule has 6 heteroatoms. The maximum absolute atomic E-state index is 11.7. The number of carbonyl (C=O) groups is 1. The van der Waals surface area contributed by atoms with Crippen LogP contribution in [-0.2, 0) is 4.74 Å². The molecule has 0 radical (unpaired) electrons. The summed E-state index contributed by atoms with van der Waals surface area (Å²) in [5, 5.41) is 11.6. The zero-order valence-corrected chi connectivity index (χ0v) is 12.0. The SMILES string of the molecule is C#CCCC1(CCOC(=O)c2cscc2Br)N=N1. The van der Waals surface area contributed by atoms with Crippen molar-refractivity contribution in [1.29, 1.82) is 0 Å². The Morgan fingerprint density at radius 3 is 2.83 bits per heavy atom. The number of thiophene rings is 1. The lowest BCUT2D eigenvalue weighted by atomic mass is 10.1. The van der Waals surface area contributed by atoms with E-state index in [0.29, 0.717) is 25.0 Å². The lowest BCUT2D eigenvalue weighted by Crippen LogP contribution is -2.16. The molecule has 0 saturated carbocycles. The Balaban J connectivity index is 1.75. The minimum atomic E-state index is -0.390. The van der Waals surface area contributed by atoms with Gasteiger partial charge in [0.15, 0.2) is 5.66 Å². The Bertz CT molecular complexity index is 512. The molecule has 4 nitrogen and oxygen atoms in total. The van der Waals surface area contributed by atoms with Crippen LogP contribution in [0.3, 0.4) is 0 Å². The molecule has 94 valence electrons. The number of terminal acetylenes is 1. The second-order valence-corrected chi connectivity index (χ2v) is 5.50. The van der Waals surface area contributed by atoms with Crippen LogP contribution < -0.4 is 0 Å². The average Bonchev–Trinajstić information content (AvgIpc) is 2.99. The fourth-order valence-electron chi connectivity index (χ4n) is 1.48. The van der Waals surface area contributed by atoms with Crippen LogP contribution in [-0.4, -0.2) is 18.2 Å². The molecule has 2 rings (SSSR count). The minimum absolute atomic E-state index is 0.304. The van der Waals surface area contributed by atoms with E-state index < -0.39 is 5.66 Å². The van der Waals surface area contributed by atoms with E-state index in [1.165, 1.54) is 11.3 Å². The van der Waals surface area contributed by atoms with Gasteiger partial charge in [-0.2, -0.15) is 21.6 Å². The minimum Gasteiger partial charge on any atom is -0.462 e. The number of ether oxygens (including phenoxy) is 1. The number of rotatable bonds is 6. The van der Waals surface area contributed by atoms with Gasteiger partial charge in [-0.15, -0.1) is 12.3 Å². The largest absolute Gasteiger partial charge is 0.462 e. The molecule has 0 atom stereocenters. The molecule has 0 saturated heterocycles. The first kappa shape index (κ1) is 13.2. The summed E-state index contributed by atoms with van der Waals surface area (Å²) in [7, 11) is 0. The Morgan fingerprint density at radius 1 is 1.50 bits per heavy atom. The van der Waals surface area contributed by atoms with Crippen molar-refractivity contribution in [2.75, 3.05) is 6.61 Å². The van der Waals surface area contributed by atoms with Crippen molar-refractivity contribution in [2.24, 2.45) is 10.2 Å². The van der Waals surface area contributed by atoms with E-state index in [0.717, 1.165) is 10.9 Å². The van der Waals surface area contributed by atoms with Gasteiger partial charge in [0.05, 0.1) is 12.2 Å². The molecular weight excluding hydrogens is 316 g/mol. The molecule has 0 aromatic carbocycles. The standard InChI is InChI=1S/C12H11BrN2O2S/c1-2-3-4-12(14-15-12)5-6-17-11(16)9-7-18-8-10(9)13/h1,7-8H,3-6H2. The van der Waals surface area contributed by atoms with E-state index in [1.54, 1.807) is 5.38 Å². The molecule has 1 aliphatic heterocycles. The van der Waals surface area contributed by atoms with Gasteiger partial charge in [0, 0.05) is 34.5 Å². The van der Waals surface area contributed by atoms with E-state index in [2.05, 4.69) is 32.1 Å². The molecule has 0 aliphatic carbocycles. The fourth-order valence-corrected chi connectivity index (χ4v) is 2.91. The summed E-state index contributed by atoms with van der Waals surface area (Å²) >= 11 is 4.75. The molecule has 2 heterocycles. The molecule has 0 amide bonds. The van der Waals surface area contributed by atoms with Crippen molar-refractivity contribution in [2.45, 2.75) is 24.9 Å². The molecule has 0 bridgehead atoms. The van der Waals surface area contributed by atoms with Gasteiger partial charge in [0.1, 0.15) is 0 Å². The van der Waals surface area contributed by atoms with Gasteiger partial charge in [-0.25, -0.2) is 4.79 Å². The summed E-state index contributed by atoms with van der Waals surface area (Å²) in [6.45, 7) is 0.304. The summed E-state index contributed by atoms with van der Waals surface area (Å²) in [6.07, 6.45) is 7.16. The Kier molecular flexibility index (Phi) is 4.15. The average molecular weight is 327 g/mol. The first-order valence-corrected chi connectivity index (χ1v) is 7.17. The van der Waals surface area contributed by atoms with Crippen LogP contribution in [0.5, 0.6) is 0 Å². The third kappa shape index (κ3) is 3.18. The Morgan fingerprint density at radius 2 is 2.28 bits per heavy atom. The van der Waals surface area contributed by atoms with E-state index in [-0.39, 0.29) is 5.97 Å². The van der Waals surface area contributed by atoms with Gasteiger partial charge in [0.2, 0.25) is 0 Å². The summed E-state index contributed by atoms with van der Waals surface area (Å²) in [4.78, 5) is 11.7. The molecule has 1 aliphatic rings. The topological polar surface area (TPSA) is 51.0 Å². The van der Waals surface area contributed by atoms with Gasteiger partial charge >= 0.3 is 5.97 Å². The summed E-state index contributed by atoms with van der Waals surface area (Å²) < 4.78 is 5.95. The summed E-state index contributed by atoms with van der Waals surface area (Å²) in [6, 6.07) is 0. The second-order valence-electron chi connectivity index (χ2n) is 3.91. The number of esters is 1. The van der Waals surface area contributed by atoms with Gasteiger partial charge in [-0.3, -0.25) is 0 Å². The quantitative estimate of drug-likeness (QED) is 0.592. The normalized spacial score (nSPS) is 15.1. The number of hydrogen-bond donors (Lipinski definition) is 0. The lowest BCUT2D eigenvalue weighted by molar-refractivity contribution is 0.0486. The van der Waals surface area contributed by atoms with E-state index in [1.807, 2.05) is 5.38 Å². The highest BCUT2D eigenvalue weighted by molar-refractivity contribution is 9.10. The van der Waals surface area contributed by atoms with Gasteiger partial charge in [-0.1, -0.05) is 0 Å². The van der Waals surface area contributed by atoms with Crippen molar-refractivity contribution in [3.8, 4) is 12.3 Å². The lowest BCUT2D eigenvalue weighted by Gasteiger charge is -2.09. The Hall–Kier alpha value is -1.19. The number of halogens is 1. The van der Waals surface area contributed by atoms with Crippen LogP contribution in [0.4, 0.5) is 0 Å². The van der Waals surface area contributed by atoms with E-state index in [9.17, 15) is 4.79 Å². The molecule has 0 unspecified atom stereocenters. The second kappa shape index (κ2) is 5.63. The van der Waals surface area contributed by atoms with Gasteiger partial charge in [-0.05, 0) is 15.9 Å². The third-order valence-electron chi connectivity index (χ3n) is 2.62. The molecule has 0 fully saturated rings. The van der Waals surface area contributed by atoms with Crippen LogP contribution in [0.15, 0.2) is 25.5 Å². The zero-order chi connectivity index (χ0) is 13.0. The highest BCUT2D eigenvalue weighted by atomic mass is 79.9. The summed E-state index contributed by atoms with van der Waals surface area (Å²) in [5.41, 5.74) is 0.167. The van der Waals surface area contributed by atoms with Crippen molar-refractivity contribution < 1.29 is 9.53 Å². The molecule has 1 aromatic rings. The third-order valence-corrected chi connectivity index (χ3v) is 4.33. The number of nitrogens with zero attached hydrogens (tertiary/aromatic N) is 2. The predicted octanol–water partition coefficient (Wildman–Crippen LogP) is 3.63. The highest BCUT2D eigenvalue weighted by Gasteiger charge is 2.39. The fraction of sp³-hybridized carbons (Fsp3) is 0.417. The van der Waals surface area contributed by atoms with Crippen molar-refractivity contribution in [1.82, 2.24) is 0 Å². The first-order chi connectivity index (χ1) is 8.67. The maximum Gasteiger partial charge on any atom is 0.340 e. The molecular formula is C12H11BrN2O2S. The van der Waals surface area contributed by atoms with Crippen molar-refractivity contribution >= 4 is 33.2 Å². The monoisotopic (exact) mass is 326 g/mol. The number of hydrogen-bond acceptors (Lipinski definition) is 5. The van der Waals surface area contributed by atoms with Crippen LogP contribution in [0.2, 0.25) is 0 Å². The van der Waals surface area contributed by atoms with Crippen LogP contribution in [0.25, 0.3) is 0 Å². The van der Waals surface area contributed by atoms with Crippen molar-refractivity contribution in [3.63, 3.8) is 0 Å². The van der Waals surface area contributed by atoms with Crippen molar-refractivity contribution in [3.05, 3.63) is 20.8 Å². The first-order valence-electron chi connectivity index (χ1n) is 5.43. The van der Waals surface area contributed by atoms with Crippen LogP contribution >= 0.6 is 27.3 Å². The zero-order valence-electron chi connectivity index (χ0n) is 9.56. The summed E-state index contributed by atoms with van der Waals surface area (Å²) in [5.74, 6) is 2.24. The Labute approximate surface area is 118 Å². The van der Waals surface area contributed by atoms with Crippen LogP contribution in [0, 0.1) is 12.3 Å². The predicted molar refractivity (Wildman–Crippen MR) is 72.6 cm³/mol. The smallest absolute Gasteiger partial charge is 0.340 e. The highest BCUT2D eigenvalue weighted by Crippen LogP contribution is 2.36. The van der Waals surface area contributed by atoms with E-state index >= 15 is 0 Å². The van der Waals surface area contributed by atoms with E-state index in [4.69, 9.17) is 11.2 Å². The molecule has 0 N–H and O–H groups in total. The molecule has 18 heavy (non-hydrogen) atoms. The molecule has 0 spiro atoms. The number of carbonyl (C=O) groups excluding carboxylic acids is 1. The van der Waals surface area contributed by atoms with Crippen LogP contribution in [0.1, 0.15) is 29.6 Å². The molecule has 1 aromatic heterocycles.